The van der Waals surface area contributed by atoms with Gasteiger partial charge >= 0.3 is 0 Å². The van der Waals surface area contributed by atoms with Crippen LogP contribution >= 0.6 is 34.7 Å². The number of nitrogens with one attached hydrogen (secondary N) is 2. The molecule has 150 valence electrons. The van der Waals surface area contributed by atoms with Crippen LogP contribution in [0.4, 0.5) is 10.8 Å². The second-order valence-corrected chi connectivity index (χ2v) is 8.84. The van der Waals surface area contributed by atoms with Crippen molar-refractivity contribution in [1.82, 2.24) is 10.2 Å². The van der Waals surface area contributed by atoms with Gasteiger partial charge in [-0.15, -0.1) is 10.2 Å². The number of carbonyl (C=O) groups is 2. The quantitative estimate of drug-likeness (QED) is 0.304. The first-order chi connectivity index (χ1) is 14.6. The van der Waals surface area contributed by atoms with Crippen LogP contribution in [0.1, 0.15) is 10.4 Å². The topological polar surface area (TPSA) is 84.0 Å². The molecule has 0 atom stereocenters. The molecule has 0 radical (unpaired) electrons. The maximum Gasteiger partial charge on any atom is 0.257 e. The van der Waals surface area contributed by atoms with Gasteiger partial charge in [0.2, 0.25) is 11.0 Å². The van der Waals surface area contributed by atoms with E-state index in [1.807, 2.05) is 42.5 Å². The second kappa shape index (κ2) is 9.25. The lowest BCUT2D eigenvalue weighted by atomic mass is 10.1. The summed E-state index contributed by atoms with van der Waals surface area (Å²) in [4.78, 5) is 24.6. The number of amides is 2. The van der Waals surface area contributed by atoms with Crippen LogP contribution in [-0.2, 0) is 4.79 Å². The Balaban J connectivity index is 1.34. The van der Waals surface area contributed by atoms with E-state index >= 15 is 0 Å². The zero-order valence-corrected chi connectivity index (χ0v) is 17.9. The van der Waals surface area contributed by atoms with Gasteiger partial charge in [-0.1, -0.05) is 77.2 Å². The Morgan fingerprint density at radius 2 is 1.77 bits per heavy atom. The van der Waals surface area contributed by atoms with Gasteiger partial charge in [-0.05, 0) is 29.7 Å². The first-order valence-corrected chi connectivity index (χ1v) is 11.1. The van der Waals surface area contributed by atoms with Crippen molar-refractivity contribution in [1.29, 1.82) is 0 Å². The van der Waals surface area contributed by atoms with E-state index in [-0.39, 0.29) is 17.6 Å². The van der Waals surface area contributed by atoms with Crippen LogP contribution in [0.5, 0.6) is 0 Å². The van der Waals surface area contributed by atoms with E-state index in [2.05, 4.69) is 20.8 Å². The highest BCUT2D eigenvalue weighted by Crippen LogP contribution is 2.27. The molecular weight excluding hydrogens is 440 g/mol. The van der Waals surface area contributed by atoms with Crippen LogP contribution in [-0.4, -0.2) is 27.8 Å². The summed E-state index contributed by atoms with van der Waals surface area (Å²) < 4.78 is 0.587. The number of anilines is 2. The van der Waals surface area contributed by atoms with Crippen LogP contribution in [0.2, 0.25) is 5.02 Å². The number of nitrogens with zero attached hydrogens (tertiary/aromatic N) is 2. The molecular formula is C21H15ClN4O2S2. The number of benzene rings is 3. The summed E-state index contributed by atoms with van der Waals surface area (Å²) in [5, 5.41) is 16.5. The lowest BCUT2D eigenvalue weighted by Gasteiger charge is -2.08. The van der Waals surface area contributed by atoms with Crippen LogP contribution in [0.25, 0.3) is 10.8 Å². The van der Waals surface area contributed by atoms with Crippen molar-refractivity contribution in [2.24, 2.45) is 0 Å². The van der Waals surface area contributed by atoms with Gasteiger partial charge in [0.25, 0.3) is 5.91 Å². The van der Waals surface area contributed by atoms with E-state index in [0.29, 0.717) is 20.1 Å². The number of rotatable bonds is 6. The van der Waals surface area contributed by atoms with E-state index in [1.54, 1.807) is 24.3 Å². The Bertz CT molecular complexity index is 1220. The van der Waals surface area contributed by atoms with Crippen molar-refractivity contribution in [2.45, 2.75) is 4.34 Å². The molecule has 0 fully saturated rings. The number of hydrogen-bond donors (Lipinski definition) is 2. The van der Waals surface area contributed by atoms with Crippen molar-refractivity contribution >= 4 is 68.1 Å². The number of carbonyl (C=O) groups excluding carboxylic acids is 2. The maximum atomic E-state index is 12.4. The third-order valence-corrected chi connectivity index (χ3v) is 6.31. The second-order valence-electron chi connectivity index (χ2n) is 6.20. The van der Waals surface area contributed by atoms with Crippen LogP contribution in [0.3, 0.4) is 0 Å². The minimum absolute atomic E-state index is 0.143. The summed E-state index contributed by atoms with van der Waals surface area (Å²) >= 11 is 8.38. The van der Waals surface area contributed by atoms with Gasteiger partial charge in [0, 0.05) is 21.7 Å². The minimum atomic E-state index is -0.320. The predicted octanol–water partition coefficient (Wildman–Crippen LogP) is 5.33. The molecule has 0 spiro atoms. The fourth-order valence-electron chi connectivity index (χ4n) is 2.77. The third-order valence-electron chi connectivity index (χ3n) is 4.10. The monoisotopic (exact) mass is 454 g/mol. The van der Waals surface area contributed by atoms with Crippen LogP contribution < -0.4 is 10.6 Å². The summed E-state index contributed by atoms with van der Waals surface area (Å²) in [6, 6.07) is 20.3. The molecule has 3 aromatic carbocycles. The largest absolute Gasteiger partial charge is 0.325 e. The van der Waals surface area contributed by atoms with E-state index in [1.165, 1.54) is 23.1 Å². The summed E-state index contributed by atoms with van der Waals surface area (Å²) in [6.45, 7) is 0. The van der Waals surface area contributed by atoms with Crippen molar-refractivity contribution in [3.05, 3.63) is 77.3 Å². The molecule has 0 aliphatic heterocycles. The molecule has 0 saturated carbocycles. The van der Waals surface area contributed by atoms with E-state index in [0.717, 1.165) is 16.5 Å². The summed E-state index contributed by atoms with van der Waals surface area (Å²) in [5.74, 6) is -0.282. The van der Waals surface area contributed by atoms with E-state index < -0.39 is 0 Å². The molecule has 4 rings (SSSR count). The lowest BCUT2D eigenvalue weighted by molar-refractivity contribution is -0.113. The average molecular weight is 455 g/mol. The van der Waals surface area contributed by atoms with Gasteiger partial charge in [-0.2, -0.15) is 0 Å². The van der Waals surface area contributed by atoms with Crippen molar-refractivity contribution < 1.29 is 9.59 Å². The fraction of sp³-hybridized carbons (Fsp3) is 0.0476. The Morgan fingerprint density at radius 3 is 2.63 bits per heavy atom. The lowest BCUT2D eigenvalue weighted by Crippen LogP contribution is -2.14. The van der Waals surface area contributed by atoms with Crippen LogP contribution in [0, 0.1) is 0 Å². The molecule has 0 saturated heterocycles. The Morgan fingerprint density at radius 1 is 0.967 bits per heavy atom. The number of hydrogen-bond acceptors (Lipinski definition) is 6. The molecule has 9 heteroatoms. The molecule has 0 aliphatic carbocycles. The summed E-state index contributed by atoms with van der Waals surface area (Å²) in [5.41, 5.74) is 1.20. The zero-order chi connectivity index (χ0) is 20.9. The first-order valence-electron chi connectivity index (χ1n) is 8.89. The highest BCUT2D eigenvalue weighted by atomic mass is 35.5. The van der Waals surface area contributed by atoms with Gasteiger partial charge in [0.05, 0.1) is 5.75 Å². The number of thioether (sulfide) groups is 1. The summed E-state index contributed by atoms with van der Waals surface area (Å²) in [7, 11) is 0. The fourth-order valence-corrected chi connectivity index (χ4v) is 4.50. The van der Waals surface area contributed by atoms with Crippen molar-refractivity contribution in [2.75, 3.05) is 16.4 Å². The highest BCUT2D eigenvalue weighted by Gasteiger charge is 2.13. The Kier molecular flexibility index (Phi) is 6.27. The third kappa shape index (κ3) is 4.96. The number of fused-ring (bicyclic) bond motifs is 1. The number of halogens is 1. The smallest absolute Gasteiger partial charge is 0.257 e. The highest BCUT2D eigenvalue weighted by molar-refractivity contribution is 8.01. The summed E-state index contributed by atoms with van der Waals surface area (Å²) in [6.07, 6.45) is 0. The van der Waals surface area contributed by atoms with Crippen molar-refractivity contribution in [3.63, 3.8) is 0 Å². The average Bonchev–Trinajstić information content (AvgIpc) is 3.20. The molecule has 6 nitrogen and oxygen atoms in total. The SMILES string of the molecule is O=C(CSc1nnc(NC(=O)c2cccc(Cl)c2)s1)Nc1cccc2ccccc12. The molecule has 1 aromatic heterocycles. The van der Waals surface area contributed by atoms with Gasteiger partial charge in [-0.25, -0.2) is 0 Å². The van der Waals surface area contributed by atoms with Gasteiger partial charge in [-0.3, -0.25) is 14.9 Å². The molecule has 0 unspecified atom stereocenters. The molecule has 30 heavy (non-hydrogen) atoms. The van der Waals surface area contributed by atoms with Crippen LogP contribution in [0.15, 0.2) is 71.1 Å². The standard InChI is InChI=1S/C21H15ClN4O2S2/c22-15-8-3-7-14(11-15)19(28)24-20-25-26-21(30-20)29-12-18(27)23-17-10-4-6-13-5-1-2-9-16(13)17/h1-11H,12H2,(H,23,27)(H,24,25,28). The molecule has 4 aromatic rings. The van der Waals surface area contributed by atoms with E-state index in [9.17, 15) is 9.59 Å². The molecule has 0 bridgehead atoms. The van der Waals surface area contributed by atoms with Gasteiger partial charge < -0.3 is 5.32 Å². The Labute approximate surface area is 185 Å². The van der Waals surface area contributed by atoms with E-state index in [4.69, 9.17) is 11.6 Å². The zero-order valence-electron chi connectivity index (χ0n) is 15.5. The molecule has 2 N–H and O–H groups in total. The molecule has 1 heterocycles. The normalized spacial score (nSPS) is 10.7. The Hall–Kier alpha value is -2.94. The maximum absolute atomic E-state index is 12.4. The minimum Gasteiger partial charge on any atom is -0.325 e. The molecule has 0 aliphatic rings. The van der Waals surface area contributed by atoms with Gasteiger partial charge in [0.15, 0.2) is 4.34 Å². The van der Waals surface area contributed by atoms with Gasteiger partial charge in [0.1, 0.15) is 0 Å². The molecule has 2 amide bonds. The predicted molar refractivity (Wildman–Crippen MR) is 123 cm³/mol. The van der Waals surface area contributed by atoms with Crippen molar-refractivity contribution in [3.8, 4) is 0 Å². The number of aromatic nitrogens is 2. The first kappa shape index (κ1) is 20.3.